The first-order valence-electron chi connectivity index (χ1n) is 10.9. The van der Waals surface area contributed by atoms with Gasteiger partial charge in [0.25, 0.3) is 0 Å². The van der Waals surface area contributed by atoms with Crippen LogP contribution in [0.1, 0.15) is 51.5 Å². The molecule has 0 aliphatic carbocycles. The summed E-state index contributed by atoms with van der Waals surface area (Å²) in [4.78, 5) is 39.8. The summed E-state index contributed by atoms with van der Waals surface area (Å²) in [5.74, 6) is -1.01. The molecule has 2 atom stereocenters. The number of piperidine rings is 1. The van der Waals surface area contributed by atoms with E-state index in [0.717, 1.165) is 24.9 Å². The lowest BCUT2D eigenvalue weighted by atomic mass is 9.71. The van der Waals surface area contributed by atoms with Gasteiger partial charge >= 0.3 is 5.97 Å². The second-order valence-electron chi connectivity index (χ2n) is 8.92. The quantitative estimate of drug-likeness (QED) is 0.591. The Balaban J connectivity index is 0.00000341. The zero-order valence-electron chi connectivity index (χ0n) is 18.3. The Bertz CT molecular complexity index is 757. The van der Waals surface area contributed by atoms with Crippen molar-refractivity contribution in [3.8, 4) is 0 Å². The minimum atomic E-state index is -1.01. The number of amides is 2. The van der Waals surface area contributed by atoms with Gasteiger partial charge in [-0.1, -0.05) is 44.2 Å². The molecular weight excluding hydrogens is 418 g/mol. The van der Waals surface area contributed by atoms with Crippen LogP contribution in [0.15, 0.2) is 30.3 Å². The third-order valence-electron chi connectivity index (χ3n) is 6.36. The van der Waals surface area contributed by atoms with Crippen LogP contribution in [0.3, 0.4) is 0 Å². The fourth-order valence-corrected chi connectivity index (χ4v) is 4.62. The number of carboxylic acid groups (broad SMARTS) is 1. The largest absolute Gasteiger partial charge is 0.480 e. The van der Waals surface area contributed by atoms with Crippen LogP contribution in [-0.2, 0) is 19.8 Å². The van der Waals surface area contributed by atoms with Crippen LogP contribution in [-0.4, -0.2) is 59.5 Å². The molecule has 0 unspecified atom stereocenters. The van der Waals surface area contributed by atoms with E-state index in [1.807, 2.05) is 49.1 Å². The lowest BCUT2D eigenvalue weighted by Crippen LogP contribution is -2.57. The van der Waals surface area contributed by atoms with Crippen LogP contribution in [0.2, 0.25) is 0 Å². The van der Waals surface area contributed by atoms with Gasteiger partial charge in [-0.3, -0.25) is 9.59 Å². The number of carbonyl (C=O) groups is 3. The highest BCUT2D eigenvalue weighted by Gasteiger charge is 2.45. The molecule has 0 bridgehead atoms. The number of aliphatic carboxylic acids is 1. The van der Waals surface area contributed by atoms with Gasteiger partial charge in [-0.2, -0.15) is 0 Å². The zero-order chi connectivity index (χ0) is 21.7. The summed E-state index contributed by atoms with van der Waals surface area (Å²) >= 11 is 0. The maximum atomic E-state index is 13.5. The first kappa shape index (κ1) is 25.1. The fourth-order valence-electron chi connectivity index (χ4n) is 4.62. The van der Waals surface area contributed by atoms with E-state index in [9.17, 15) is 19.5 Å². The van der Waals surface area contributed by atoms with Gasteiger partial charge in [-0.15, -0.1) is 12.4 Å². The van der Waals surface area contributed by atoms with Gasteiger partial charge in [0.1, 0.15) is 6.04 Å². The van der Waals surface area contributed by atoms with Gasteiger partial charge in [0.2, 0.25) is 11.8 Å². The number of rotatable bonds is 7. The number of hydrogen-bond acceptors (Lipinski definition) is 4. The highest BCUT2D eigenvalue weighted by Crippen LogP contribution is 2.36. The molecule has 2 heterocycles. The monoisotopic (exact) mass is 451 g/mol. The maximum Gasteiger partial charge on any atom is 0.326 e. The Hall–Kier alpha value is -2.12. The summed E-state index contributed by atoms with van der Waals surface area (Å²) in [5.41, 5.74) is 0.0496. The maximum absolute atomic E-state index is 13.5. The van der Waals surface area contributed by atoms with E-state index in [1.54, 1.807) is 0 Å². The van der Waals surface area contributed by atoms with Crippen molar-refractivity contribution in [2.75, 3.05) is 19.6 Å². The third-order valence-corrected chi connectivity index (χ3v) is 6.36. The van der Waals surface area contributed by atoms with Crippen LogP contribution in [0, 0.1) is 5.92 Å². The number of benzene rings is 1. The van der Waals surface area contributed by atoms with E-state index in [-0.39, 0.29) is 36.2 Å². The van der Waals surface area contributed by atoms with E-state index < -0.39 is 17.4 Å². The fraction of sp³-hybridized carbons (Fsp3) is 0.609. The number of carbonyl (C=O) groups excluding carboxylic acids is 2. The normalized spacial score (nSPS) is 21.3. The number of nitrogens with zero attached hydrogens (tertiary/aromatic N) is 1. The van der Waals surface area contributed by atoms with Crippen LogP contribution in [0.5, 0.6) is 0 Å². The lowest BCUT2D eigenvalue weighted by molar-refractivity contribution is -0.144. The second-order valence-corrected chi connectivity index (χ2v) is 8.92. The summed E-state index contributed by atoms with van der Waals surface area (Å²) in [5, 5.41) is 15.6. The molecule has 2 aliphatic heterocycles. The van der Waals surface area contributed by atoms with E-state index in [0.29, 0.717) is 32.4 Å². The van der Waals surface area contributed by atoms with Crippen molar-refractivity contribution in [1.29, 1.82) is 0 Å². The average Bonchev–Trinajstić information content (AvgIpc) is 3.28. The number of nitrogens with one attached hydrogen (secondary N) is 2. The van der Waals surface area contributed by atoms with Crippen molar-refractivity contribution in [3.05, 3.63) is 35.9 Å². The van der Waals surface area contributed by atoms with Gasteiger partial charge in [0.15, 0.2) is 0 Å². The third kappa shape index (κ3) is 5.77. The lowest BCUT2D eigenvalue weighted by Gasteiger charge is -2.42. The molecular formula is C23H34ClN3O4. The minimum absolute atomic E-state index is 0. The van der Waals surface area contributed by atoms with Crippen LogP contribution in [0.4, 0.5) is 0 Å². The van der Waals surface area contributed by atoms with Crippen LogP contribution < -0.4 is 10.6 Å². The predicted molar refractivity (Wildman–Crippen MR) is 121 cm³/mol. The summed E-state index contributed by atoms with van der Waals surface area (Å²) in [7, 11) is 0. The van der Waals surface area contributed by atoms with Gasteiger partial charge in [-0.25, -0.2) is 4.79 Å². The Morgan fingerprint density at radius 2 is 1.84 bits per heavy atom. The number of hydrogen-bond donors (Lipinski definition) is 3. The number of halogens is 1. The molecule has 0 radical (unpaired) electrons. The van der Waals surface area contributed by atoms with E-state index in [1.165, 1.54) is 0 Å². The van der Waals surface area contributed by atoms with Gasteiger partial charge in [0, 0.05) is 13.1 Å². The Morgan fingerprint density at radius 3 is 2.35 bits per heavy atom. The van der Waals surface area contributed by atoms with Crippen molar-refractivity contribution >= 4 is 30.2 Å². The summed E-state index contributed by atoms with van der Waals surface area (Å²) in [6, 6.07) is 8.51. The minimum Gasteiger partial charge on any atom is -0.480 e. The molecule has 2 fully saturated rings. The van der Waals surface area contributed by atoms with Crippen molar-refractivity contribution in [2.45, 2.75) is 63.5 Å². The first-order chi connectivity index (χ1) is 14.3. The average molecular weight is 452 g/mol. The van der Waals surface area contributed by atoms with E-state index in [4.69, 9.17) is 0 Å². The Morgan fingerprint density at radius 1 is 1.19 bits per heavy atom. The Labute approximate surface area is 190 Å². The van der Waals surface area contributed by atoms with Crippen molar-refractivity contribution in [2.24, 2.45) is 5.92 Å². The molecule has 2 saturated heterocycles. The molecule has 7 nitrogen and oxygen atoms in total. The summed E-state index contributed by atoms with van der Waals surface area (Å²) in [6.07, 6.45) is 3.21. The molecule has 172 valence electrons. The van der Waals surface area contributed by atoms with Gasteiger partial charge < -0.3 is 20.6 Å². The summed E-state index contributed by atoms with van der Waals surface area (Å²) in [6.45, 7) is 5.72. The molecule has 3 rings (SSSR count). The van der Waals surface area contributed by atoms with Crippen molar-refractivity contribution < 1.29 is 19.5 Å². The van der Waals surface area contributed by atoms with Crippen molar-refractivity contribution in [3.63, 3.8) is 0 Å². The molecule has 0 spiro atoms. The van der Waals surface area contributed by atoms with Crippen LogP contribution in [0.25, 0.3) is 0 Å². The summed E-state index contributed by atoms with van der Waals surface area (Å²) < 4.78 is 0. The Kier molecular flexibility index (Phi) is 8.89. The molecule has 31 heavy (non-hydrogen) atoms. The van der Waals surface area contributed by atoms with Crippen LogP contribution >= 0.6 is 12.4 Å². The van der Waals surface area contributed by atoms with E-state index >= 15 is 0 Å². The van der Waals surface area contributed by atoms with Crippen molar-refractivity contribution in [1.82, 2.24) is 15.5 Å². The number of carboxylic acids is 1. The molecule has 0 aromatic heterocycles. The molecule has 1 aromatic carbocycles. The van der Waals surface area contributed by atoms with Gasteiger partial charge in [-0.05, 0) is 50.1 Å². The standard InChI is InChI=1S/C23H33N3O4.ClH/c1-16(2)15-19(21(28)29)25-22(30)23(17-7-4-3-5-8-17)10-13-26(14-11-23)20(27)18-9-6-12-24-18;/h3-5,7-8,16,18-19,24H,6,9-15H2,1-2H3,(H,25,30)(H,28,29);1H/t18-,19+;/m0./s1. The molecule has 3 N–H and O–H groups in total. The second kappa shape index (κ2) is 11.0. The first-order valence-corrected chi connectivity index (χ1v) is 10.9. The number of likely N-dealkylation sites (tertiary alicyclic amines) is 1. The molecule has 0 saturated carbocycles. The SMILES string of the molecule is CC(C)C[C@@H](NC(=O)C1(c2ccccc2)CCN(C(=O)[C@@H]2CCCN2)CC1)C(=O)O.Cl. The highest BCUT2D eigenvalue weighted by atomic mass is 35.5. The van der Waals surface area contributed by atoms with E-state index in [2.05, 4.69) is 10.6 Å². The molecule has 8 heteroatoms. The molecule has 1 aromatic rings. The zero-order valence-corrected chi connectivity index (χ0v) is 19.1. The topological polar surface area (TPSA) is 98.7 Å². The highest BCUT2D eigenvalue weighted by molar-refractivity contribution is 5.92. The smallest absolute Gasteiger partial charge is 0.326 e. The molecule has 2 amide bonds. The van der Waals surface area contributed by atoms with Gasteiger partial charge in [0.05, 0.1) is 11.5 Å². The predicted octanol–water partition coefficient (Wildman–Crippen LogP) is 2.34. The molecule has 2 aliphatic rings.